The van der Waals surface area contributed by atoms with E-state index in [9.17, 15) is 4.79 Å². The second-order valence-corrected chi connectivity index (χ2v) is 5.45. The smallest absolute Gasteiger partial charge is 0.305 e. The van der Waals surface area contributed by atoms with Crippen LogP contribution >= 0.6 is 0 Å². The summed E-state index contributed by atoms with van der Waals surface area (Å²) in [5.74, 6) is 0.486. The van der Waals surface area contributed by atoms with Crippen LogP contribution in [-0.2, 0) is 16.1 Å². The summed E-state index contributed by atoms with van der Waals surface area (Å²) >= 11 is 0. The van der Waals surface area contributed by atoms with Crippen LogP contribution in [0.1, 0.15) is 18.9 Å². The zero-order valence-corrected chi connectivity index (χ0v) is 13.5. The van der Waals surface area contributed by atoms with Gasteiger partial charge in [-0.1, -0.05) is 43.3 Å². The lowest BCUT2D eigenvalue weighted by Gasteiger charge is -2.07. The van der Waals surface area contributed by atoms with Crippen molar-refractivity contribution in [1.82, 2.24) is 9.97 Å². The third-order valence-corrected chi connectivity index (χ3v) is 3.72. The van der Waals surface area contributed by atoms with Gasteiger partial charge in [-0.15, -0.1) is 0 Å². The van der Waals surface area contributed by atoms with E-state index in [2.05, 4.69) is 9.97 Å². The van der Waals surface area contributed by atoms with Crippen molar-refractivity contribution in [1.29, 1.82) is 0 Å². The molecule has 0 saturated carbocycles. The maximum absolute atomic E-state index is 11.2. The summed E-state index contributed by atoms with van der Waals surface area (Å²) in [5, 5.41) is 0. The molecule has 0 fully saturated rings. The zero-order valence-electron chi connectivity index (χ0n) is 13.5. The molecule has 0 unspecified atom stereocenters. The van der Waals surface area contributed by atoms with Crippen molar-refractivity contribution < 1.29 is 9.53 Å². The quantitative estimate of drug-likeness (QED) is 0.553. The van der Waals surface area contributed by atoms with Gasteiger partial charge in [-0.3, -0.25) is 4.79 Å². The van der Waals surface area contributed by atoms with E-state index >= 15 is 0 Å². The lowest BCUT2D eigenvalue weighted by molar-refractivity contribution is -0.144. The van der Waals surface area contributed by atoms with E-state index in [4.69, 9.17) is 10.5 Å². The van der Waals surface area contributed by atoms with Crippen molar-refractivity contribution in [2.45, 2.75) is 20.0 Å². The summed E-state index contributed by atoms with van der Waals surface area (Å²) < 4.78 is 5.12. The van der Waals surface area contributed by atoms with Gasteiger partial charge in [0.15, 0.2) is 0 Å². The van der Waals surface area contributed by atoms with Crippen molar-refractivity contribution in [3.05, 3.63) is 60.3 Å². The number of rotatable bonds is 5. The fraction of sp³-hybridized carbons (Fsp3) is 0.158. The number of H-pyrrole nitrogens is 1. The lowest BCUT2D eigenvalue weighted by Crippen LogP contribution is -2.03. The summed E-state index contributed by atoms with van der Waals surface area (Å²) in [6, 6.07) is 15.6. The van der Waals surface area contributed by atoms with E-state index in [-0.39, 0.29) is 12.6 Å². The number of hydrogen-bond acceptors (Lipinski definition) is 4. The Balaban J connectivity index is 1.80. The Bertz CT molecular complexity index is 841. The molecule has 3 N–H and O–H groups in total. The molecule has 5 nitrogen and oxygen atoms in total. The van der Waals surface area contributed by atoms with E-state index in [1.165, 1.54) is 0 Å². The van der Waals surface area contributed by atoms with E-state index in [1.54, 1.807) is 13.1 Å². The molecule has 0 aliphatic carbocycles. The molecule has 1 heterocycles. The molecular formula is C19H19N3O2. The van der Waals surface area contributed by atoms with Crippen molar-refractivity contribution in [3.63, 3.8) is 0 Å². The van der Waals surface area contributed by atoms with Crippen molar-refractivity contribution in [3.8, 4) is 22.6 Å². The topological polar surface area (TPSA) is 81.0 Å². The van der Waals surface area contributed by atoms with Crippen molar-refractivity contribution in [2.24, 2.45) is 0 Å². The van der Waals surface area contributed by atoms with Crippen LogP contribution in [0.15, 0.2) is 54.7 Å². The third-order valence-electron chi connectivity index (χ3n) is 3.72. The minimum Gasteiger partial charge on any atom is -0.461 e. The average Bonchev–Trinajstić information content (AvgIpc) is 3.10. The van der Waals surface area contributed by atoms with Crippen LogP contribution in [0.2, 0.25) is 0 Å². The number of carbonyl (C=O) groups excluding carboxylic acids is 1. The van der Waals surface area contributed by atoms with Crippen LogP contribution in [0, 0.1) is 0 Å². The Morgan fingerprint density at radius 2 is 2.00 bits per heavy atom. The first-order valence-corrected chi connectivity index (χ1v) is 7.82. The number of nitrogens with one attached hydrogen (secondary N) is 1. The fourth-order valence-corrected chi connectivity index (χ4v) is 2.41. The minimum atomic E-state index is -0.226. The number of benzene rings is 2. The van der Waals surface area contributed by atoms with E-state index in [0.29, 0.717) is 17.9 Å². The van der Waals surface area contributed by atoms with Gasteiger partial charge in [0.25, 0.3) is 0 Å². The third kappa shape index (κ3) is 3.46. The van der Waals surface area contributed by atoms with E-state index < -0.39 is 0 Å². The molecule has 0 aliphatic heterocycles. The molecule has 1 aromatic heterocycles. The van der Waals surface area contributed by atoms with Gasteiger partial charge in [0.1, 0.15) is 12.4 Å². The Morgan fingerprint density at radius 3 is 2.71 bits per heavy atom. The van der Waals surface area contributed by atoms with Crippen LogP contribution in [0.25, 0.3) is 22.6 Å². The number of anilines is 1. The van der Waals surface area contributed by atoms with Crippen LogP contribution in [0.4, 0.5) is 5.69 Å². The number of carbonyl (C=O) groups is 1. The molecule has 5 heteroatoms. The molecule has 0 bridgehead atoms. The maximum Gasteiger partial charge on any atom is 0.305 e. The van der Waals surface area contributed by atoms with Crippen molar-refractivity contribution >= 4 is 11.7 Å². The predicted molar refractivity (Wildman–Crippen MR) is 94.0 cm³/mol. The van der Waals surface area contributed by atoms with E-state index in [1.807, 2.05) is 48.5 Å². The van der Waals surface area contributed by atoms with Crippen LogP contribution in [-0.4, -0.2) is 15.9 Å². The predicted octanol–water partition coefficient (Wildman–Crippen LogP) is 3.78. The second kappa shape index (κ2) is 7.00. The highest BCUT2D eigenvalue weighted by Crippen LogP contribution is 2.27. The molecule has 122 valence electrons. The Hall–Kier alpha value is -3.08. The van der Waals surface area contributed by atoms with Crippen LogP contribution in [0.3, 0.4) is 0 Å². The summed E-state index contributed by atoms with van der Waals surface area (Å²) in [4.78, 5) is 18.9. The summed E-state index contributed by atoms with van der Waals surface area (Å²) in [5.41, 5.74) is 10.4. The van der Waals surface area contributed by atoms with Crippen LogP contribution < -0.4 is 5.73 Å². The first-order valence-electron chi connectivity index (χ1n) is 7.82. The van der Waals surface area contributed by atoms with Gasteiger partial charge in [0, 0.05) is 17.7 Å². The SMILES string of the molecule is CCC(=O)OCc1ccc(-c2ncc(-c3ccccc3)[nH]2)c(N)c1. The standard InChI is InChI=1S/C19H19N3O2/c1-2-18(23)24-12-13-8-9-15(16(20)10-13)19-21-11-17(22-19)14-6-4-3-5-7-14/h3-11H,2,12,20H2,1H3,(H,21,22). The van der Waals surface area contributed by atoms with E-state index in [0.717, 1.165) is 22.4 Å². The van der Waals surface area contributed by atoms with Gasteiger partial charge in [-0.05, 0) is 23.3 Å². The molecule has 0 aliphatic rings. The summed E-state index contributed by atoms with van der Waals surface area (Å²) in [6.07, 6.45) is 2.16. The van der Waals surface area contributed by atoms with Crippen LogP contribution in [0.5, 0.6) is 0 Å². The number of imidazole rings is 1. The van der Waals surface area contributed by atoms with Gasteiger partial charge < -0.3 is 15.5 Å². The first-order chi connectivity index (χ1) is 11.7. The summed E-state index contributed by atoms with van der Waals surface area (Å²) in [6.45, 7) is 1.99. The molecule has 0 atom stereocenters. The second-order valence-electron chi connectivity index (χ2n) is 5.45. The van der Waals surface area contributed by atoms with Gasteiger partial charge in [-0.25, -0.2) is 4.98 Å². The number of ether oxygens (including phenoxy) is 1. The monoisotopic (exact) mass is 321 g/mol. The lowest BCUT2D eigenvalue weighted by atomic mass is 10.1. The Labute approximate surface area is 140 Å². The number of aromatic nitrogens is 2. The molecule has 24 heavy (non-hydrogen) atoms. The zero-order chi connectivity index (χ0) is 16.9. The number of nitrogens with two attached hydrogens (primary N) is 1. The normalized spacial score (nSPS) is 10.5. The molecule has 3 aromatic rings. The van der Waals surface area contributed by atoms with Gasteiger partial charge in [-0.2, -0.15) is 0 Å². The number of esters is 1. The molecule has 0 saturated heterocycles. The highest BCUT2D eigenvalue weighted by atomic mass is 16.5. The maximum atomic E-state index is 11.2. The number of nitrogen functional groups attached to an aromatic ring is 1. The van der Waals surface area contributed by atoms with Gasteiger partial charge >= 0.3 is 5.97 Å². The van der Waals surface area contributed by atoms with Crippen molar-refractivity contribution in [2.75, 3.05) is 5.73 Å². The first kappa shape index (κ1) is 15.8. The molecular weight excluding hydrogens is 302 g/mol. The van der Waals surface area contributed by atoms with Gasteiger partial charge in [0.2, 0.25) is 0 Å². The molecule has 3 rings (SSSR count). The fourth-order valence-electron chi connectivity index (χ4n) is 2.41. The number of aromatic amines is 1. The van der Waals surface area contributed by atoms with Gasteiger partial charge in [0.05, 0.1) is 11.9 Å². The minimum absolute atomic E-state index is 0.226. The highest BCUT2D eigenvalue weighted by molar-refractivity contribution is 5.74. The molecule has 2 aromatic carbocycles. The summed E-state index contributed by atoms with van der Waals surface area (Å²) in [7, 11) is 0. The Morgan fingerprint density at radius 1 is 1.21 bits per heavy atom. The molecule has 0 radical (unpaired) electrons. The largest absolute Gasteiger partial charge is 0.461 e. The highest BCUT2D eigenvalue weighted by Gasteiger charge is 2.10. The number of nitrogens with zero attached hydrogens (tertiary/aromatic N) is 1. The Kier molecular flexibility index (Phi) is 4.61. The molecule has 0 amide bonds. The molecule has 0 spiro atoms. The average molecular weight is 321 g/mol. The number of hydrogen-bond donors (Lipinski definition) is 2.